The monoisotopic (exact) mass is 455 g/mol. The molecule has 2 N–H and O–H groups in total. The zero-order valence-electron chi connectivity index (χ0n) is 17.9. The summed E-state index contributed by atoms with van der Waals surface area (Å²) < 4.78 is 27.3. The summed E-state index contributed by atoms with van der Waals surface area (Å²) in [6, 6.07) is 24.2. The van der Waals surface area contributed by atoms with Gasteiger partial charge >= 0.3 is 0 Å². The maximum Gasteiger partial charge on any atom is 0.262 e. The van der Waals surface area contributed by atoms with Crippen molar-refractivity contribution in [3.8, 4) is 0 Å². The highest BCUT2D eigenvalue weighted by molar-refractivity contribution is 6.13. The minimum atomic E-state index is -0.821. The molecule has 1 heterocycles. The molecular formula is C27H19F2N3O2. The third-order valence-corrected chi connectivity index (χ3v) is 5.61. The van der Waals surface area contributed by atoms with Crippen LogP contribution in [0.25, 0.3) is 0 Å². The van der Waals surface area contributed by atoms with E-state index in [2.05, 4.69) is 10.6 Å². The molecule has 7 heteroatoms. The molecule has 0 radical (unpaired) electrons. The van der Waals surface area contributed by atoms with Crippen LogP contribution in [0, 0.1) is 11.6 Å². The first kappa shape index (κ1) is 21.3. The quantitative estimate of drug-likeness (QED) is 0.391. The molecule has 0 saturated heterocycles. The molecule has 5 rings (SSSR count). The number of hydrogen-bond donors (Lipinski definition) is 2. The van der Waals surface area contributed by atoms with Crippen molar-refractivity contribution in [2.24, 2.45) is 0 Å². The van der Waals surface area contributed by atoms with Gasteiger partial charge in [-0.15, -0.1) is 0 Å². The summed E-state index contributed by atoms with van der Waals surface area (Å²) in [6.07, 6.45) is 0. The summed E-state index contributed by atoms with van der Waals surface area (Å²) >= 11 is 0. The molecule has 0 aliphatic carbocycles. The molecule has 0 aromatic heterocycles. The average molecular weight is 455 g/mol. The Labute approximate surface area is 194 Å². The van der Waals surface area contributed by atoms with Crippen molar-refractivity contribution in [2.75, 3.05) is 15.5 Å². The van der Waals surface area contributed by atoms with Crippen LogP contribution in [-0.4, -0.2) is 11.8 Å². The van der Waals surface area contributed by atoms with Gasteiger partial charge in [0.25, 0.3) is 11.8 Å². The number of nitrogens with zero attached hydrogens (tertiary/aromatic N) is 1. The third kappa shape index (κ3) is 3.99. The Bertz CT molecular complexity index is 1360. The Morgan fingerprint density at radius 1 is 0.824 bits per heavy atom. The van der Waals surface area contributed by atoms with E-state index in [0.29, 0.717) is 17.8 Å². The van der Waals surface area contributed by atoms with Gasteiger partial charge in [0, 0.05) is 17.8 Å². The van der Waals surface area contributed by atoms with Crippen LogP contribution in [0.5, 0.6) is 0 Å². The molecule has 4 aromatic rings. The van der Waals surface area contributed by atoms with Gasteiger partial charge in [0.05, 0.1) is 22.6 Å². The Kier molecular flexibility index (Phi) is 5.51. The summed E-state index contributed by atoms with van der Waals surface area (Å²) in [5.74, 6) is -2.55. The first-order chi connectivity index (χ1) is 16.5. The lowest BCUT2D eigenvalue weighted by Gasteiger charge is -2.24. The Balaban J connectivity index is 1.44. The SMILES string of the molecule is O=C(Nc1ccc(C(=O)N2c3ccccc3CNc3ccccc32)cc1)c1cc(F)ccc1F. The molecule has 1 aliphatic rings. The van der Waals surface area contributed by atoms with E-state index in [-0.39, 0.29) is 5.91 Å². The van der Waals surface area contributed by atoms with E-state index in [1.54, 1.807) is 29.2 Å². The van der Waals surface area contributed by atoms with Gasteiger partial charge in [-0.3, -0.25) is 14.5 Å². The number of carbonyl (C=O) groups excluding carboxylic acids is 2. The lowest BCUT2D eigenvalue weighted by atomic mass is 10.1. The summed E-state index contributed by atoms with van der Waals surface area (Å²) in [6.45, 7) is 0.582. The number of nitrogens with one attached hydrogen (secondary N) is 2. The van der Waals surface area contributed by atoms with Crippen LogP contribution >= 0.6 is 0 Å². The number of amides is 2. The van der Waals surface area contributed by atoms with Crippen LogP contribution in [0.15, 0.2) is 91.0 Å². The number of anilines is 4. The lowest BCUT2D eigenvalue weighted by molar-refractivity contribution is 0.0997. The predicted octanol–water partition coefficient (Wildman–Crippen LogP) is 6.12. The smallest absolute Gasteiger partial charge is 0.262 e. The molecule has 0 unspecified atom stereocenters. The normalized spacial score (nSPS) is 12.1. The summed E-state index contributed by atoms with van der Waals surface area (Å²) in [5, 5.41) is 5.91. The first-order valence-corrected chi connectivity index (χ1v) is 10.6. The molecular weight excluding hydrogens is 436 g/mol. The highest BCUT2D eigenvalue weighted by Gasteiger charge is 2.26. The minimum absolute atomic E-state index is 0.238. The van der Waals surface area contributed by atoms with Crippen LogP contribution < -0.4 is 15.5 Å². The lowest BCUT2D eigenvalue weighted by Crippen LogP contribution is -2.26. The average Bonchev–Trinajstić information content (AvgIpc) is 3.02. The molecule has 1 aliphatic heterocycles. The van der Waals surface area contributed by atoms with Crippen LogP contribution in [0.2, 0.25) is 0 Å². The number of benzene rings is 4. The van der Waals surface area contributed by atoms with Gasteiger partial charge in [-0.25, -0.2) is 8.78 Å². The van der Waals surface area contributed by atoms with Crippen molar-refractivity contribution in [3.63, 3.8) is 0 Å². The van der Waals surface area contributed by atoms with Crippen molar-refractivity contribution < 1.29 is 18.4 Å². The first-order valence-electron chi connectivity index (χ1n) is 10.6. The second-order valence-electron chi connectivity index (χ2n) is 7.80. The van der Waals surface area contributed by atoms with Crippen LogP contribution in [-0.2, 0) is 6.54 Å². The number of rotatable bonds is 3. The molecule has 34 heavy (non-hydrogen) atoms. The number of fused-ring (bicyclic) bond motifs is 2. The number of hydrogen-bond acceptors (Lipinski definition) is 3. The second kappa shape index (κ2) is 8.78. The minimum Gasteiger partial charge on any atom is -0.379 e. The van der Waals surface area contributed by atoms with Gasteiger partial charge in [-0.2, -0.15) is 0 Å². The molecule has 0 bridgehead atoms. The number of para-hydroxylation sites is 3. The standard InChI is InChI=1S/C27H19F2N3O2/c28-19-11-14-22(29)21(15-19)26(33)31-20-12-9-17(10-13-20)27(34)32-24-7-3-1-5-18(24)16-30-23-6-2-4-8-25(23)32/h1-15,30H,16H2,(H,31,33). The van der Waals surface area contributed by atoms with Crippen molar-refractivity contribution in [3.05, 3.63) is 119 Å². The number of halogens is 2. The Hall–Kier alpha value is -4.52. The van der Waals surface area contributed by atoms with E-state index in [1.165, 1.54) is 0 Å². The highest BCUT2D eigenvalue weighted by Crippen LogP contribution is 2.38. The van der Waals surface area contributed by atoms with Gasteiger partial charge in [0.1, 0.15) is 11.6 Å². The molecule has 0 atom stereocenters. The van der Waals surface area contributed by atoms with Crippen LogP contribution in [0.3, 0.4) is 0 Å². The van der Waals surface area contributed by atoms with Gasteiger partial charge in [0.15, 0.2) is 0 Å². The molecule has 0 spiro atoms. The van der Waals surface area contributed by atoms with E-state index in [9.17, 15) is 18.4 Å². The van der Waals surface area contributed by atoms with Crippen LogP contribution in [0.1, 0.15) is 26.3 Å². The largest absolute Gasteiger partial charge is 0.379 e. The van der Waals surface area contributed by atoms with Crippen molar-refractivity contribution in [1.29, 1.82) is 0 Å². The van der Waals surface area contributed by atoms with Crippen molar-refractivity contribution in [2.45, 2.75) is 6.54 Å². The highest BCUT2D eigenvalue weighted by atomic mass is 19.1. The maximum absolute atomic E-state index is 13.9. The maximum atomic E-state index is 13.9. The zero-order valence-corrected chi connectivity index (χ0v) is 17.9. The Morgan fingerprint density at radius 3 is 2.32 bits per heavy atom. The topological polar surface area (TPSA) is 61.4 Å². The van der Waals surface area contributed by atoms with Crippen LogP contribution in [0.4, 0.5) is 31.5 Å². The molecule has 168 valence electrons. The molecule has 2 amide bonds. The van der Waals surface area contributed by atoms with E-state index in [1.807, 2.05) is 48.5 Å². The zero-order chi connectivity index (χ0) is 23.7. The molecule has 0 fully saturated rings. The van der Waals surface area contributed by atoms with Gasteiger partial charge < -0.3 is 10.6 Å². The van der Waals surface area contributed by atoms with Crippen molar-refractivity contribution >= 4 is 34.6 Å². The summed E-state index contributed by atoms with van der Waals surface area (Å²) in [5.41, 5.74) is 3.69. The molecule has 4 aromatic carbocycles. The van der Waals surface area contributed by atoms with Gasteiger partial charge in [-0.1, -0.05) is 30.3 Å². The van der Waals surface area contributed by atoms with Gasteiger partial charge in [-0.05, 0) is 66.2 Å². The fourth-order valence-electron chi connectivity index (χ4n) is 3.93. The molecule has 5 nitrogen and oxygen atoms in total. The fraction of sp³-hybridized carbons (Fsp3) is 0.0370. The van der Waals surface area contributed by atoms with Gasteiger partial charge in [0.2, 0.25) is 0 Å². The van der Waals surface area contributed by atoms with Crippen molar-refractivity contribution in [1.82, 2.24) is 0 Å². The summed E-state index contributed by atoms with van der Waals surface area (Å²) in [4.78, 5) is 27.7. The Morgan fingerprint density at radius 2 is 1.53 bits per heavy atom. The van der Waals surface area contributed by atoms with E-state index in [0.717, 1.165) is 40.8 Å². The fourth-order valence-corrected chi connectivity index (χ4v) is 3.93. The molecule has 0 saturated carbocycles. The van der Waals surface area contributed by atoms with E-state index < -0.39 is 23.1 Å². The number of carbonyl (C=O) groups is 2. The summed E-state index contributed by atoms with van der Waals surface area (Å²) in [7, 11) is 0. The predicted molar refractivity (Wildman–Crippen MR) is 127 cm³/mol. The third-order valence-electron chi connectivity index (χ3n) is 5.61. The van der Waals surface area contributed by atoms with E-state index >= 15 is 0 Å². The second-order valence-corrected chi connectivity index (χ2v) is 7.80. The van der Waals surface area contributed by atoms with E-state index in [4.69, 9.17) is 0 Å².